The first kappa shape index (κ1) is 8.49. The van der Waals surface area contributed by atoms with Gasteiger partial charge in [-0.2, -0.15) is 0 Å². The van der Waals surface area contributed by atoms with E-state index in [4.69, 9.17) is 9.79 Å². The van der Waals surface area contributed by atoms with Gasteiger partial charge in [0.2, 0.25) is 0 Å². The molecule has 50 valence electrons. The van der Waals surface area contributed by atoms with Crippen LogP contribution in [0.4, 0.5) is 0 Å². The fraction of sp³-hybridized carbons (Fsp3) is 1.00. The van der Waals surface area contributed by atoms with Crippen LogP contribution in [-0.2, 0) is 21.4 Å². The summed E-state index contributed by atoms with van der Waals surface area (Å²) in [6.45, 7) is -1.68. The molecule has 0 spiro atoms. The average molecular weight is 158 g/mol. The van der Waals surface area contributed by atoms with Gasteiger partial charge in [0.25, 0.3) is 0 Å². The zero-order valence-corrected chi connectivity index (χ0v) is 5.98. The van der Waals surface area contributed by atoms with Crippen molar-refractivity contribution in [3.63, 3.8) is 0 Å². The van der Waals surface area contributed by atoms with Crippen LogP contribution in [0.1, 0.15) is 6.92 Å². The Morgan fingerprint density at radius 1 is 1.62 bits per heavy atom. The molecule has 0 aromatic heterocycles. The summed E-state index contributed by atoms with van der Waals surface area (Å²) in [7, 11) is 0. The van der Waals surface area contributed by atoms with Crippen LogP contribution in [0, 0.1) is 0 Å². The molecule has 0 heterocycles. The first-order chi connectivity index (χ1) is 3.56. The minimum atomic E-state index is -3.57. The fourth-order valence-electron chi connectivity index (χ4n) is 0.121. The van der Waals surface area contributed by atoms with E-state index in [-0.39, 0.29) is 6.61 Å². The van der Waals surface area contributed by atoms with Crippen LogP contribution in [0.15, 0.2) is 0 Å². The molecular weight excluding hydrogens is 151 g/mol. The monoisotopic (exact) mass is 158 g/mol. The van der Waals surface area contributed by atoms with Crippen molar-refractivity contribution in [1.82, 2.24) is 0 Å². The van der Waals surface area contributed by atoms with Crippen molar-refractivity contribution in [1.29, 1.82) is 0 Å². The topological polar surface area (TPSA) is 58.9 Å². The normalized spacial score (nSPS) is 11.9. The van der Waals surface area contributed by atoms with E-state index < -0.39 is 6.72 Å². The quantitative estimate of drug-likeness (QED) is 0.348. The average Bonchev–Trinajstić information content (AvgIpc) is 1.59. The summed E-state index contributed by atoms with van der Waals surface area (Å²) in [5, 5.41) is 0. The largest absolute Gasteiger partial charge is 0.350 e. The van der Waals surface area contributed by atoms with Gasteiger partial charge in [0.05, 0.1) is 6.61 Å². The SMILES string of the molecule is CCOOP(O)(O)=S. The Morgan fingerprint density at radius 2 is 2.12 bits per heavy atom. The van der Waals surface area contributed by atoms with E-state index in [1.54, 1.807) is 6.92 Å². The summed E-state index contributed by atoms with van der Waals surface area (Å²) < 4.78 is 3.92. The van der Waals surface area contributed by atoms with Crippen molar-refractivity contribution >= 4 is 18.5 Å². The number of hydrogen-bond donors (Lipinski definition) is 2. The van der Waals surface area contributed by atoms with Gasteiger partial charge in [-0.05, 0) is 18.7 Å². The fourth-order valence-corrected chi connectivity index (χ4v) is 0.493. The predicted octanol–water partition coefficient (Wildman–Crippen LogP) is 0.164. The Labute approximate surface area is 52.2 Å². The van der Waals surface area contributed by atoms with Gasteiger partial charge in [-0.25, -0.2) is 4.89 Å². The molecular formula is C2H7O4PS. The standard InChI is InChI=1S/C2H7O4PS/c1-2-5-6-7(3,4)8/h2H2,1H3,(H2,3,4,8). The lowest BCUT2D eigenvalue weighted by atomic mass is 10.9. The molecule has 0 radical (unpaired) electrons. The minimum Gasteiger partial charge on any atom is -0.323 e. The number of hydrogen-bond acceptors (Lipinski definition) is 3. The van der Waals surface area contributed by atoms with E-state index in [2.05, 4.69) is 21.4 Å². The molecule has 4 nitrogen and oxygen atoms in total. The van der Waals surface area contributed by atoms with Crippen LogP contribution in [0.5, 0.6) is 0 Å². The van der Waals surface area contributed by atoms with Crippen molar-refractivity contribution in [2.45, 2.75) is 6.92 Å². The molecule has 0 aliphatic heterocycles. The van der Waals surface area contributed by atoms with E-state index in [0.717, 1.165) is 0 Å². The molecule has 0 bridgehead atoms. The molecule has 0 aromatic carbocycles. The van der Waals surface area contributed by atoms with Crippen molar-refractivity contribution in [3.8, 4) is 0 Å². The molecule has 0 rings (SSSR count). The summed E-state index contributed by atoms with van der Waals surface area (Å²) in [5.74, 6) is 0. The van der Waals surface area contributed by atoms with Crippen LogP contribution >= 0.6 is 6.72 Å². The van der Waals surface area contributed by atoms with Crippen LogP contribution < -0.4 is 0 Å². The summed E-state index contributed by atoms with van der Waals surface area (Å²) >= 11 is 4.03. The van der Waals surface area contributed by atoms with Crippen LogP contribution in [-0.4, -0.2) is 16.4 Å². The van der Waals surface area contributed by atoms with Gasteiger partial charge in [0, 0.05) is 0 Å². The maximum Gasteiger partial charge on any atom is 0.350 e. The second-order valence-corrected chi connectivity index (χ2v) is 3.53. The van der Waals surface area contributed by atoms with E-state index in [1.165, 1.54) is 0 Å². The Bertz CT molecular complexity index is 98.2. The van der Waals surface area contributed by atoms with Gasteiger partial charge >= 0.3 is 6.72 Å². The van der Waals surface area contributed by atoms with Crippen LogP contribution in [0.2, 0.25) is 0 Å². The predicted molar refractivity (Wildman–Crippen MR) is 31.4 cm³/mol. The summed E-state index contributed by atoms with van der Waals surface area (Å²) in [5.41, 5.74) is 0. The second-order valence-electron chi connectivity index (χ2n) is 0.972. The molecule has 2 N–H and O–H groups in total. The summed E-state index contributed by atoms with van der Waals surface area (Å²) in [6.07, 6.45) is 0. The molecule has 0 unspecified atom stereocenters. The lowest BCUT2D eigenvalue weighted by molar-refractivity contribution is -0.209. The Kier molecular flexibility index (Phi) is 3.72. The zero-order chi connectivity index (χ0) is 6.62. The Morgan fingerprint density at radius 3 is 2.25 bits per heavy atom. The first-order valence-electron chi connectivity index (χ1n) is 1.93. The van der Waals surface area contributed by atoms with Gasteiger partial charge in [0.1, 0.15) is 0 Å². The molecule has 0 amide bonds. The maximum absolute atomic E-state index is 8.28. The lowest BCUT2D eigenvalue weighted by Crippen LogP contribution is -1.89. The molecule has 0 saturated carbocycles. The Hall–Kier alpha value is 0.490. The molecule has 6 heteroatoms. The molecule has 0 aromatic rings. The molecule has 0 fully saturated rings. The Balaban J connectivity index is 3.26. The van der Waals surface area contributed by atoms with E-state index in [0.29, 0.717) is 0 Å². The highest BCUT2D eigenvalue weighted by Gasteiger charge is 2.06. The smallest absolute Gasteiger partial charge is 0.323 e. The van der Waals surface area contributed by atoms with E-state index in [1.807, 2.05) is 0 Å². The van der Waals surface area contributed by atoms with Crippen LogP contribution in [0.3, 0.4) is 0 Å². The molecule has 8 heavy (non-hydrogen) atoms. The second kappa shape index (κ2) is 3.50. The maximum atomic E-state index is 8.28. The molecule has 0 aliphatic rings. The van der Waals surface area contributed by atoms with Crippen LogP contribution in [0.25, 0.3) is 0 Å². The van der Waals surface area contributed by atoms with E-state index >= 15 is 0 Å². The van der Waals surface area contributed by atoms with Gasteiger partial charge in [-0.3, -0.25) is 0 Å². The van der Waals surface area contributed by atoms with Crippen molar-refractivity contribution in [2.24, 2.45) is 0 Å². The number of rotatable bonds is 3. The highest BCUT2D eigenvalue weighted by molar-refractivity contribution is 8.06. The van der Waals surface area contributed by atoms with Crippen molar-refractivity contribution in [2.75, 3.05) is 6.61 Å². The van der Waals surface area contributed by atoms with Gasteiger partial charge < -0.3 is 9.79 Å². The summed E-state index contributed by atoms with van der Waals surface area (Å²) in [6, 6.07) is 0. The third kappa shape index (κ3) is 6.49. The molecule has 0 saturated heterocycles. The molecule has 0 atom stereocenters. The highest BCUT2D eigenvalue weighted by atomic mass is 32.5. The zero-order valence-electron chi connectivity index (χ0n) is 4.27. The molecule has 0 aliphatic carbocycles. The third-order valence-electron chi connectivity index (χ3n) is 0.268. The van der Waals surface area contributed by atoms with E-state index in [9.17, 15) is 0 Å². The van der Waals surface area contributed by atoms with Gasteiger partial charge in [0.15, 0.2) is 0 Å². The highest BCUT2D eigenvalue weighted by Crippen LogP contribution is 2.36. The summed E-state index contributed by atoms with van der Waals surface area (Å²) in [4.78, 5) is 20.7. The third-order valence-corrected chi connectivity index (χ3v) is 0.750. The minimum absolute atomic E-state index is 0.250. The first-order valence-corrected chi connectivity index (χ1v) is 4.55. The lowest BCUT2D eigenvalue weighted by Gasteiger charge is -2.03. The van der Waals surface area contributed by atoms with Gasteiger partial charge in [-0.1, -0.05) is 0 Å². The van der Waals surface area contributed by atoms with Gasteiger partial charge in [-0.15, -0.1) is 4.67 Å². The van der Waals surface area contributed by atoms with Crippen molar-refractivity contribution in [3.05, 3.63) is 0 Å². The van der Waals surface area contributed by atoms with Crippen molar-refractivity contribution < 1.29 is 19.3 Å².